The summed E-state index contributed by atoms with van der Waals surface area (Å²) >= 11 is 0. The minimum absolute atomic E-state index is 1.18. The molecule has 2 aromatic heterocycles. The van der Waals surface area contributed by atoms with Gasteiger partial charge in [0.15, 0.2) is 0 Å². The van der Waals surface area contributed by atoms with Gasteiger partial charge in [0.2, 0.25) is 0 Å². The van der Waals surface area contributed by atoms with Crippen LogP contribution in [0.5, 0.6) is 0 Å². The van der Waals surface area contributed by atoms with Crippen LogP contribution in [-0.4, -0.2) is 9.13 Å². The second-order valence-corrected chi connectivity index (χ2v) is 13.7. The van der Waals surface area contributed by atoms with Crippen LogP contribution in [0.25, 0.3) is 98.8 Å². The second-order valence-electron chi connectivity index (χ2n) is 13.7. The average molecular weight is 661 g/mol. The quantitative estimate of drug-likeness (QED) is 0.178. The van der Waals surface area contributed by atoms with E-state index < -0.39 is 0 Å². The lowest BCUT2D eigenvalue weighted by molar-refractivity contribution is 1.19. The third kappa shape index (κ3) is 4.31. The van der Waals surface area contributed by atoms with Crippen LogP contribution in [0.1, 0.15) is 0 Å². The summed E-state index contributed by atoms with van der Waals surface area (Å²) in [5.41, 5.74) is 12.1. The molecule has 0 saturated carbocycles. The summed E-state index contributed by atoms with van der Waals surface area (Å²) in [7, 11) is 0. The van der Waals surface area contributed by atoms with Gasteiger partial charge < -0.3 is 9.13 Å². The van der Waals surface area contributed by atoms with Crippen molar-refractivity contribution in [1.29, 1.82) is 0 Å². The molecule has 2 heterocycles. The molecule has 2 nitrogen and oxygen atoms in total. The van der Waals surface area contributed by atoms with Gasteiger partial charge in [-0.2, -0.15) is 0 Å². The van der Waals surface area contributed by atoms with Crippen LogP contribution in [0, 0.1) is 0 Å². The van der Waals surface area contributed by atoms with Crippen LogP contribution in [-0.2, 0) is 0 Å². The molecule has 11 aromatic rings. The van der Waals surface area contributed by atoms with Crippen LogP contribution >= 0.6 is 0 Å². The summed E-state index contributed by atoms with van der Waals surface area (Å²) in [6, 6.07) is 71.0. The van der Waals surface area contributed by atoms with Crippen LogP contribution in [0.15, 0.2) is 194 Å². The van der Waals surface area contributed by atoms with Gasteiger partial charge in [0, 0.05) is 32.6 Å². The molecule has 52 heavy (non-hydrogen) atoms. The predicted octanol–water partition coefficient (Wildman–Crippen LogP) is 13.5. The number of hydrogen-bond donors (Lipinski definition) is 0. The molecule has 0 atom stereocenters. The fourth-order valence-corrected chi connectivity index (χ4v) is 8.51. The summed E-state index contributed by atoms with van der Waals surface area (Å²) in [5.74, 6) is 0. The van der Waals surface area contributed by atoms with E-state index in [1.165, 1.54) is 98.8 Å². The Labute approximate surface area is 301 Å². The Morgan fingerprint density at radius 1 is 0.269 bits per heavy atom. The molecule has 11 rings (SSSR count). The maximum absolute atomic E-state index is 2.45. The first-order chi connectivity index (χ1) is 25.8. The lowest BCUT2D eigenvalue weighted by Gasteiger charge is -2.15. The number of para-hydroxylation sites is 2. The largest absolute Gasteiger partial charge is 0.309 e. The number of aromatic nitrogens is 2. The molecule has 0 aliphatic heterocycles. The van der Waals surface area contributed by atoms with Crippen molar-refractivity contribution in [2.75, 3.05) is 0 Å². The minimum atomic E-state index is 1.18. The Hall–Kier alpha value is -6.90. The number of benzene rings is 9. The van der Waals surface area contributed by atoms with E-state index >= 15 is 0 Å². The zero-order valence-corrected chi connectivity index (χ0v) is 28.4. The normalized spacial score (nSPS) is 11.8. The van der Waals surface area contributed by atoms with Crippen molar-refractivity contribution < 1.29 is 0 Å². The van der Waals surface area contributed by atoms with Crippen molar-refractivity contribution in [2.45, 2.75) is 0 Å². The fraction of sp³-hybridized carbons (Fsp3) is 0. The summed E-state index contributed by atoms with van der Waals surface area (Å²) in [4.78, 5) is 0. The molecule has 0 N–H and O–H groups in total. The van der Waals surface area contributed by atoms with Crippen LogP contribution in [0.2, 0.25) is 0 Å². The third-order valence-corrected chi connectivity index (χ3v) is 10.9. The Morgan fingerprint density at radius 3 is 1.52 bits per heavy atom. The molecular weight excluding hydrogens is 629 g/mol. The second kappa shape index (κ2) is 11.3. The van der Waals surface area contributed by atoms with Gasteiger partial charge >= 0.3 is 0 Å². The topological polar surface area (TPSA) is 9.86 Å². The van der Waals surface area contributed by atoms with Crippen molar-refractivity contribution in [3.63, 3.8) is 0 Å². The molecule has 2 heteroatoms. The average Bonchev–Trinajstić information content (AvgIpc) is 3.73. The van der Waals surface area contributed by atoms with E-state index in [0.29, 0.717) is 0 Å². The van der Waals surface area contributed by atoms with Gasteiger partial charge in [0.05, 0.1) is 27.8 Å². The molecule has 0 radical (unpaired) electrons. The van der Waals surface area contributed by atoms with Crippen molar-refractivity contribution >= 4 is 65.2 Å². The van der Waals surface area contributed by atoms with Crippen molar-refractivity contribution in [3.8, 4) is 33.6 Å². The number of rotatable bonds is 4. The van der Waals surface area contributed by atoms with Crippen molar-refractivity contribution in [1.82, 2.24) is 9.13 Å². The first kappa shape index (κ1) is 28.9. The zero-order chi connectivity index (χ0) is 34.2. The SMILES string of the molecule is c1ccc(-c2ccc(-n3c4ccccc4c4cc(-c5ccc6c(c5)c5ccccc5n6-c5ccc6ccccc6c5)ccc43)c3ccccc23)cc1. The summed E-state index contributed by atoms with van der Waals surface area (Å²) < 4.78 is 4.86. The first-order valence-electron chi connectivity index (χ1n) is 17.9. The summed E-state index contributed by atoms with van der Waals surface area (Å²) in [6.45, 7) is 0. The number of fused-ring (bicyclic) bond motifs is 8. The van der Waals surface area contributed by atoms with E-state index in [9.17, 15) is 0 Å². The van der Waals surface area contributed by atoms with Gasteiger partial charge in [0.1, 0.15) is 0 Å². The van der Waals surface area contributed by atoms with Gasteiger partial charge in [-0.05, 0) is 93.0 Å². The van der Waals surface area contributed by atoms with Gasteiger partial charge in [-0.15, -0.1) is 0 Å². The molecule has 0 aliphatic rings. The Bertz CT molecular complexity index is 3180. The zero-order valence-electron chi connectivity index (χ0n) is 28.4. The molecule has 242 valence electrons. The maximum atomic E-state index is 2.45. The lowest BCUT2D eigenvalue weighted by Crippen LogP contribution is -1.96. The summed E-state index contributed by atoms with van der Waals surface area (Å²) in [5, 5.41) is 10.0. The highest BCUT2D eigenvalue weighted by atomic mass is 15.0. The van der Waals surface area contributed by atoms with Crippen LogP contribution < -0.4 is 0 Å². The van der Waals surface area contributed by atoms with E-state index in [-0.39, 0.29) is 0 Å². The van der Waals surface area contributed by atoms with Crippen LogP contribution in [0.4, 0.5) is 0 Å². The standard InChI is InChI=1S/C50H32N2/c1-2-13-34(14-3-1)39-26-29-48(41-17-7-6-16-40(39)41)52-47-21-11-9-19-43(47)45-32-37(24-28-50(45)52)36-23-27-49-44(31-36)42-18-8-10-20-46(42)51(49)38-25-22-33-12-4-5-15-35(33)30-38/h1-32H. The van der Waals surface area contributed by atoms with Gasteiger partial charge in [-0.1, -0.05) is 140 Å². The molecule has 0 amide bonds. The number of hydrogen-bond acceptors (Lipinski definition) is 0. The molecule has 0 aliphatic carbocycles. The summed E-state index contributed by atoms with van der Waals surface area (Å²) in [6.07, 6.45) is 0. The molecule has 0 saturated heterocycles. The predicted molar refractivity (Wildman–Crippen MR) is 221 cm³/mol. The Kier molecular flexibility index (Phi) is 6.28. The monoisotopic (exact) mass is 660 g/mol. The molecule has 0 bridgehead atoms. The molecule has 0 fully saturated rings. The van der Waals surface area contributed by atoms with Crippen molar-refractivity contribution in [3.05, 3.63) is 194 Å². The van der Waals surface area contributed by atoms with E-state index in [1.54, 1.807) is 0 Å². The number of nitrogens with zero attached hydrogens (tertiary/aromatic N) is 2. The third-order valence-electron chi connectivity index (χ3n) is 10.9. The highest BCUT2D eigenvalue weighted by molar-refractivity contribution is 6.14. The van der Waals surface area contributed by atoms with E-state index in [0.717, 1.165) is 0 Å². The van der Waals surface area contributed by atoms with Crippen molar-refractivity contribution in [2.24, 2.45) is 0 Å². The fourth-order valence-electron chi connectivity index (χ4n) is 8.51. The molecule has 0 spiro atoms. The Morgan fingerprint density at radius 2 is 0.808 bits per heavy atom. The van der Waals surface area contributed by atoms with Gasteiger partial charge in [-0.25, -0.2) is 0 Å². The van der Waals surface area contributed by atoms with E-state index in [1.807, 2.05) is 0 Å². The Balaban J connectivity index is 1.09. The first-order valence-corrected chi connectivity index (χ1v) is 17.9. The van der Waals surface area contributed by atoms with E-state index in [2.05, 4.69) is 203 Å². The van der Waals surface area contributed by atoms with E-state index in [4.69, 9.17) is 0 Å². The molecule has 9 aromatic carbocycles. The smallest absolute Gasteiger partial charge is 0.0541 e. The van der Waals surface area contributed by atoms with Crippen LogP contribution in [0.3, 0.4) is 0 Å². The molecular formula is C50H32N2. The minimum Gasteiger partial charge on any atom is -0.309 e. The maximum Gasteiger partial charge on any atom is 0.0541 e. The van der Waals surface area contributed by atoms with Gasteiger partial charge in [0.25, 0.3) is 0 Å². The highest BCUT2D eigenvalue weighted by Gasteiger charge is 2.18. The molecule has 0 unspecified atom stereocenters. The van der Waals surface area contributed by atoms with Gasteiger partial charge in [-0.3, -0.25) is 0 Å². The highest BCUT2D eigenvalue weighted by Crippen LogP contribution is 2.40. The lowest BCUT2D eigenvalue weighted by atomic mass is 9.97.